The predicted molar refractivity (Wildman–Crippen MR) is 64.0 cm³/mol. The zero-order chi connectivity index (χ0) is 11.8. The highest BCUT2D eigenvalue weighted by molar-refractivity contribution is 5.75. The molecule has 1 rings (SSSR count). The molecular formula is C13H19NO2. The van der Waals surface area contributed by atoms with Crippen molar-refractivity contribution in [2.45, 2.75) is 19.4 Å². The van der Waals surface area contributed by atoms with Crippen molar-refractivity contribution in [3.8, 4) is 0 Å². The van der Waals surface area contributed by atoms with Gasteiger partial charge in [-0.25, -0.2) is 0 Å². The van der Waals surface area contributed by atoms with Crippen molar-refractivity contribution < 1.29 is 9.53 Å². The summed E-state index contributed by atoms with van der Waals surface area (Å²) >= 11 is 0. The number of nitrogens with zero attached hydrogens (tertiary/aromatic N) is 1. The Labute approximate surface area is 97.0 Å². The third-order valence-electron chi connectivity index (χ3n) is 2.43. The minimum absolute atomic E-state index is 0.168. The third-order valence-corrected chi connectivity index (χ3v) is 2.43. The van der Waals surface area contributed by atoms with E-state index in [2.05, 4.69) is 0 Å². The molecule has 0 aliphatic carbocycles. The summed E-state index contributed by atoms with van der Waals surface area (Å²) in [5, 5.41) is 0. The van der Waals surface area contributed by atoms with Crippen LogP contribution in [0.15, 0.2) is 30.3 Å². The molecule has 1 aromatic carbocycles. The van der Waals surface area contributed by atoms with E-state index >= 15 is 0 Å². The summed E-state index contributed by atoms with van der Waals surface area (Å²) in [5.41, 5.74) is 1.16. The van der Waals surface area contributed by atoms with Gasteiger partial charge in [0.2, 0.25) is 5.91 Å². The molecule has 0 N–H and O–H groups in total. The molecule has 3 heteroatoms. The molecule has 0 spiro atoms. The van der Waals surface area contributed by atoms with Gasteiger partial charge in [0.1, 0.15) is 0 Å². The molecule has 16 heavy (non-hydrogen) atoms. The summed E-state index contributed by atoms with van der Waals surface area (Å²) in [6.45, 7) is 1.32. The first-order valence-electron chi connectivity index (χ1n) is 5.51. The number of carbonyl (C=O) groups is 1. The lowest BCUT2D eigenvalue weighted by Gasteiger charge is -2.17. The predicted octanol–water partition coefficient (Wildman–Crippen LogP) is 2.07. The smallest absolute Gasteiger partial charge is 0.222 e. The van der Waals surface area contributed by atoms with Gasteiger partial charge in [-0.2, -0.15) is 0 Å². The van der Waals surface area contributed by atoms with Crippen molar-refractivity contribution >= 4 is 5.91 Å². The summed E-state index contributed by atoms with van der Waals surface area (Å²) in [4.78, 5) is 13.4. The normalized spacial score (nSPS) is 10.1. The SMILES string of the molecule is COCCCC(=O)N(C)Cc1ccccc1. The highest BCUT2D eigenvalue weighted by atomic mass is 16.5. The molecule has 0 aliphatic heterocycles. The lowest BCUT2D eigenvalue weighted by molar-refractivity contribution is -0.130. The van der Waals surface area contributed by atoms with Gasteiger partial charge in [0.05, 0.1) is 0 Å². The van der Waals surface area contributed by atoms with Crippen LogP contribution in [0, 0.1) is 0 Å². The molecule has 0 fully saturated rings. The first-order chi connectivity index (χ1) is 7.74. The van der Waals surface area contributed by atoms with Crippen molar-refractivity contribution in [2.75, 3.05) is 20.8 Å². The van der Waals surface area contributed by atoms with Crippen LogP contribution in [0.2, 0.25) is 0 Å². The number of carbonyl (C=O) groups excluding carboxylic acids is 1. The van der Waals surface area contributed by atoms with Crippen LogP contribution < -0.4 is 0 Å². The van der Waals surface area contributed by atoms with Gasteiger partial charge >= 0.3 is 0 Å². The highest BCUT2D eigenvalue weighted by Crippen LogP contribution is 2.04. The fourth-order valence-corrected chi connectivity index (χ4v) is 1.50. The Kier molecular flexibility index (Phi) is 5.57. The Bertz CT molecular complexity index is 311. The van der Waals surface area contributed by atoms with E-state index in [1.165, 1.54) is 0 Å². The largest absolute Gasteiger partial charge is 0.385 e. The Morgan fingerprint density at radius 3 is 2.62 bits per heavy atom. The van der Waals surface area contributed by atoms with E-state index in [9.17, 15) is 4.79 Å². The van der Waals surface area contributed by atoms with Crippen LogP contribution in [0.25, 0.3) is 0 Å². The molecule has 0 heterocycles. The lowest BCUT2D eigenvalue weighted by Crippen LogP contribution is -2.26. The number of hydrogen-bond acceptors (Lipinski definition) is 2. The second-order valence-corrected chi connectivity index (χ2v) is 3.83. The summed E-state index contributed by atoms with van der Waals surface area (Å²) in [6.07, 6.45) is 1.34. The van der Waals surface area contributed by atoms with Gasteiger partial charge in [-0.1, -0.05) is 30.3 Å². The molecule has 0 saturated heterocycles. The Morgan fingerprint density at radius 1 is 1.31 bits per heavy atom. The van der Waals surface area contributed by atoms with Crippen molar-refractivity contribution in [2.24, 2.45) is 0 Å². The van der Waals surface area contributed by atoms with Crippen molar-refractivity contribution in [3.05, 3.63) is 35.9 Å². The topological polar surface area (TPSA) is 29.5 Å². The number of hydrogen-bond donors (Lipinski definition) is 0. The number of rotatable bonds is 6. The number of benzene rings is 1. The van der Waals surface area contributed by atoms with Crippen molar-refractivity contribution in [1.29, 1.82) is 0 Å². The average molecular weight is 221 g/mol. The van der Waals surface area contributed by atoms with Crippen LogP contribution in [0.3, 0.4) is 0 Å². The summed E-state index contributed by atoms with van der Waals surface area (Å²) in [7, 11) is 3.49. The monoisotopic (exact) mass is 221 g/mol. The van der Waals surface area contributed by atoms with E-state index in [1.54, 1.807) is 12.0 Å². The third kappa shape index (κ3) is 4.45. The first kappa shape index (κ1) is 12.7. The summed E-state index contributed by atoms with van der Waals surface area (Å²) < 4.78 is 4.92. The van der Waals surface area contributed by atoms with E-state index < -0.39 is 0 Å². The quantitative estimate of drug-likeness (QED) is 0.688. The number of methoxy groups -OCH3 is 1. The Balaban J connectivity index is 2.34. The molecule has 3 nitrogen and oxygen atoms in total. The zero-order valence-electron chi connectivity index (χ0n) is 9.98. The molecule has 0 aromatic heterocycles. The van der Waals surface area contributed by atoms with Crippen LogP contribution in [0.1, 0.15) is 18.4 Å². The molecule has 0 radical (unpaired) electrons. The molecule has 0 bridgehead atoms. The van der Waals surface area contributed by atoms with E-state index in [4.69, 9.17) is 4.74 Å². The second kappa shape index (κ2) is 7.01. The fourth-order valence-electron chi connectivity index (χ4n) is 1.50. The average Bonchev–Trinajstić information content (AvgIpc) is 2.30. The maximum absolute atomic E-state index is 11.7. The van der Waals surface area contributed by atoms with Crippen LogP contribution in [-0.2, 0) is 16.1 Å². The van der Waals surface area contributed by atoms with E-state index in [0.29, 0.717) is 19.6 Å². The molecule has 0 atom stereocenters. The molecule has 1 amide bonds. The second-order valence-electron chi connectivity index (χ2n) is 3.83. The fraction of sp³-hybridized carbons (Fsp3) is 0.462. The summed E-state index contributed by atoms with van der Waals surface area (Å²) in [5.74, 6) is 0.168. The minimum atomic E-state index is 0.168. The zero-order valence-corrected chi connectivity index (χ0v) is 9.98. The minimum Gasteiger partial charge on any atom is -0.385 e. The van der Waals surface area contributed by atoms with Gasteiger partial charge in [0, 0.05) is 33.7 Å². The molecule has 0 saturated carbocycles. The van der Waals surface area contributed by atoms with Gasteiger partial charge in [0.25, 0.3) is 0 Å². The van der Waals surface area contributed by atoms with Gasteiger partial charge in [-0.05, 0) is 12.0 Å². The maximum Gasteiger partial charge on any atom is 0.222 e. The first-order valence-corrected chi connectivity index (χ1v) is 5.51. The molecule has 0 aliphatic rings. The maximum atomic E-state index is 11.7. The van der Waals surface area contributed by atoms with Gasteiger partial charge < -0.3 is 9.64 Å². The van der Waals surface area contributed by atoms with Crippen LogP contribution in [-0.4, -0.2) is 31.6 Å². The Hall–Kier alpha value is -1.35. The van der Waals surface area contributed by atoms with E-state index in [1.807, 2.05) is 37.4 Å². The van der Waals surface area contributed by atoms with Crippen molar-refractivity contribution in [1.82, 2.24) is 4.90 Å². The Morgan fingerprint density at radius 2 is 2.00 bits per heavy atom. The summed E-state index contributed by atoms with van der Waals surface area (Å²) in [6, 6.07) is 10.00. The van der Waals surface area contributed by atoms with Gasteiger partial charge in [0.15, 0.2) is 0 Å². The number of ether oxygens (including phenoxy) is 1. The van der Waals surface area contributed by atoms with Gasteiger partial charge in [-0.3, -0.25) is 4.79 Å². The lowest BCUT2D eigenvalue weighted by atomic mass is 10.2. The molecule has 88 valence electrons. The number of amides is 1. The standard InChI is InChI=1S/C13H19NO2/c1-14(13(15)9-6-10-16-2)11-12-7-4-3-5-8-12/h3-5,7-8H,6,9-11H2,1-2H3. The van der Waals surface area contributed by atoms with E-state index in [0.717, 1.165) is 12.0 Å². The van der Waals surface area contributed by atoms with Crippen LogP contribution in [0.4, 0.5) is 0 Å². The molecular weight excluding hydrogens is 202 g/mol. The van der Waals surface area contributed by atoms with Crippen molar-refractivity contribution in [3.63, 3.8) is 0 Å². The molecule has 1 aromatic rings. The highest BCUT2D eigenvalue weighted by Gasteiger charge is 2.08. The molecule has 0 unspecified atom stereocenters. The van der Waals surface area contributed by atoms with Crippen LogP contribution >= 0.6 is 0 Å². The van der Waals surface area contributed by atoms with Gasteiger partial charge in [-0.15, -0.1) is 0 Å². The van der Waals surface area contributed by atoms with Crippen LogP contribution in [0.5, 0.6) is 0 Å². The van der Waals surface area contributed by atoms with E-state index in [-0.39, 0.29) is 5.91 Å².